The second-order valence-electron chi connectivity index (χ2n) is 4.54. The largest absolute Gasteiger partial charge is 0.351 e. The molecule has 3 nitrogen and oxygen atoms in total. The molecule has 5 heteroatoms. The van der Waals surface area contributed by atoms with Gasteiger partial charge in [-0.1, -0.05) is 13.0 Å². The maximum Gasteiger partial charge on any atom is 0.185 e. The molecular weight excluding hydrogens is 274 g/mol. The predicted molar refractivity (Wildman–Crippen MR) is 85.4 cm³/mol. The summed E-state index contributed by atoms with van der Waals surface area (Å²) in [6.45, 7) is 5.21. The van der Waals surface area contributed by atoms with Crippen LogP contribution < -0.4 is 10.2 Å². The maximum absolute atomic E-state index is 4.50. The fourth-order valence-corrected chi connectivity index (χ4v) is 3.34. The fraction of sp³-hybridized carbons (Fsp3) is 0.500. The fourth-order valence-electron chi connectivity index (χ4n) is 1.77. The number of anilines is 1. The molecule has 0 atom stereocenters. The zero-order chi connectivity index (χ0) is 13.5. The minimum atomic E-state index is 0.935. The van der Waals surface area contributed by atoms with Gasteiger partial charge in [-0.25, -0.2) is 4.98 Å². The van der Waals surface area contributed by atoms with Crippen molar-refractivity contribution in [2.24, 2.45) is 0 Å². The van der Waals surface area contributed by atoms with Gasteiger partial charge in [-0.05, 0) is 30.8 Å². The molecule has 0 spiro atoms. The summed E-state index contributed by atoms with van der Waals surface area (Å²) in [5, 5.41) is 6.66. The van der Waals surface area contributed by atoms with E-state index in [1.165, 1.54) is 16.2 Å². The van der Waals surface area contributed by atoms with Crippen LogP contribution in [0.4, 0.5) is 5.13 Å². The zero-order valence-corrected chi connectivity index (χ0v) is 13.2. The number of nitrogens with zero attached hydrogens (tertiary/aromatic N) is 2. The Morgan fingerprint density at radius 3 is 3.00 bits per heavy atom. The molecule has 0 aliphatic rings. The summed E-state index contributed by atoms with van der Waals surface area (Å²) >= 11 is 3.61. The van der Waals surface area contributed by atoms with E-state index in [0.29, 0.717) is 0 Å². The van der Waals surface area contributed by atoms with Crippen LogP contribution in [0.3, 0.4) is 0 Å². The maximum atomic E-state index is 4.50. The molecule has 0 unspecified atom stereocenters. The summed E-state index contributed by atoms with van der Waals surface area (Å²) in [5.41, 5.74) is 0. The zero-order valence-electron chi connectivity index (χ0n) is 11.6. The predicted octanol–water partition coefficient (Wildman–Crippen LogP) is 3.38. The van der Waals surface area contributed by atoms with Crippen LogP contribution in [0.1, 0.15) is 23.1 Å². The Morgan fingerprint density at radius 1 is 1.37 bits per heavy atom. The van der Waals surface area contributed by atoms with Crippen LogP contribution in [0, 0.1) is 0 Å². The number of rotatable bonds is 8. The van der Waals surface area contributed by atoms with Gasteiger partial charge < -0.3 is 10.2 Å². The monoisotopic (exact) mass is 295 g/mol. The van der Waals surface area contributed by atoms with Gasteiger partial charge in [-0.3, -0.25) is 0 Å². The highest BCUT2D eigenvalue weighted by molar-refractivity contribution is 7.15. The van der Waals surface area contributed by atoms with Gasteiger partial charge in [0.05, 0.1) is 0 Å². The number of likely N-dealkylation sites (N-methyl/N-ethyl adjacent to an activating group) is 1. The Balaban J connectivity index is 1.80. The molecule has 0 saturated heterocycles. The summed E-state index contributed by atoms with van der Waals surface area (Å²) < 4.78 is 0. The number of nitrogens with one attached hydrogen (secondary N) is 1. The third-order valence-corrected chi connectivity index (χ3v) is 4.92. The van der Waals surface area contributed by atoms with Crippen molar-refractivity contribution in [3.8, 4) is 0 Å². The smallest absolute Gasteiger partial charge is 0.185 e. The van der Waals surface area contributed by atoms with Crippen LogP contribution in [-0.2, 0) is 13.0 Å². The lowest BCUT2D eigenvalue weighted by atomic mass is 10.3. The van der Waals surface area contributed by atoms with Crippen molar-refractivity contribution in [3.63, 3.8) is 0 Å². The minimum absolute atomic E-state index is 0.935. The van der Waals surface area contributed by atoms with E-state index in [4.69, 9.17) is 0 Å². The summed E-state index contributed by atoms with van der Waals surface area (Å²) in [6.07, 6.45) is 4.26. The first-order valence-corrected chi connectivity index (χ1v) is 8.38. The first-order chi connectivity index (χ1) is 9.29. The average molecular weight is 295 g/mol. The van der Waals surface area contributed by atoms with Crippen molar-refractivity contribution in [1.82, 2.24) is 10.3 Å². The lowest BCUT2D eigenvalue weighted by molar-refractivity contribution is 0.681. The molecule has 2 aromatic heterocycles. The first-order valence-electron chi connectivity index (χ1n) is 6.68. The third kappa shape index (κ3) is 4.60. The van der Waals surface area contributed by atoms with Crippen molar-refractivity contribution >= 4 is 27.8 Å². The Morgan fingerprint density at radius 2 is 2.26 bits per heavy atom. The van der Waals surface area contributed by atoms with Gasteiger partial charge in [-0.15, -0.1) is 22.7 Å². The van der Waals surface area contributed by atoms with Crippen molar-refractivity contribution in [3.05, 3.63) is 33.5 Å². The van der Waals surface area contributed by atoms with Gasteiger partial charge in [-0.2, -0.15) is 0 Å². The van der Waals surface area contributed by atoms with Crippen molar-refractivity contribution < 1.29 is 0 Å². The highest BCUT2D eigenvalue weighted by Crippen LogP contribution is 2.22. The molecule has 1 N–H and O–H groups in total. The Kier molecular flexibility index (Phi) is 5.82. The minimum Gasteiger partial charge on any atom is -0.351 e. The quantitative estimate of drug-likeness (QED) is 0.757. The molecule has 0 bridgehead atoms. The van der Waals surface area contributed by atoms with E-state index in [9.17, 15) is 0 Å². The third-order valence-electron chi connectivity index (χ3n) is 2.87. The van der Waals surface area contributed by atoms with Crippen LogP contribution in [0.5, 0.6) is 0 Å². The molecule has 0 aliphatic carbocycles. The molecule has 2 heterocycles. The molecule has 0 aliphatic heterocycles. The number of thiophene rings is 1. The molecule has 0 aromatic carbocycles. The van der Waals surface area contributed by atoms with Gasteiger partial charge in [0.2, 0.25) is 0 Å². The van der Waals surface area contributed by atoms with E-state index >= 15 is 0 Å². The normalized spacial score (nSPS) is 10.8. The van der Waals surface area contributed by atoms with E-state index in [1.54, 1.807) is 11.3 Å². The molecule has 2 rings (SSSR count). The van der Waals surface area contributed by atoms with Crippen LogP contribution >= 0.6 is 22.7 Å². The van der Waals surface area contributed by atoms with E-state index in [2.05, 4.69) is 46.7 Å². The molecule has 19 heavy (non-hydrogen) atoms. The van der Waals surface area contributed by atoms with Crippen LogP contribution in [0.15, 0.2) is 23.7 Å². The molecule has 0 radical (unpaired) electrons. The number of hydrogen-bond acceptors (Lipinski definition) is 5. The Bertz CT molecular complexity index is 465. The van der Waals surface area contributed by atoms with Gasteiger partial charge >= 0.3 is 0 Å². The van der Waals surface area contributed by atoms with Crippen molar-refractivity contribution in [2.45, 2.75) is 26.3 Å². The Labute approximate surface area is 123 Å². The van der Waals surface area contributed by atoms with Gasteiger partial charge in [0, 0.05) is 36.1 Å². The van der Waals surface area contributed by atoms with Gasteiger partial charge in [0.25, 0.3) is 0 Å². The van der Waals surface area contributed by atoms with Crippen molar-refractivity contribution in [1.29, 1.82) is 0 Å². The van der Waals surface area contributed by atoms with Crippen LogP contribution in [0.2, 0.25) is 0 Å². The summed E-state index contributed by atoms with van der Waals surface area (Å²) in [4.78, 5) is 9.50. The summed E-state index contributed by atoms with van der Waals surface area (Å²) in [5.74, 6) is 0. The van der Waals surface area contributed by atoms with Crippen LogP contribution in [-0.4, -0.2) is 25.1 Å². The number of aromatic nitrogens is 1. The SMILES string of the molecule is CCCNCc1cnc(N(C)CCc2cccs2)s1. The topological polar surface area (TPSA) is 28.2 Å². The van der Waals surface area contributed by atoms with E-state index in [1.807, 2.05) is 17.5 Å². The first kappa shape index (κ1) is 14.5. The number of thiazole rings is 1. The molecule has 0 saturated carbocycles. The molecule has 2 aromatic rings. The molecule has 104 valence electrons. The molecular formula is C14H21N3S2. The summed E-state index contributed by atoms with van der Waals surface area (Å²) in [7, 11) is 2.12. The van der Waals surface area contributed by atoms with Gasteiger partial charge in [0.15, 0.2) is 5.13 Å². The highest BCUT2D eigenvalue weighted by atomic mass is 32.1. The molecule has 0 fully saturated rings. The second-order valence-corrected chi connectivity index (χ2v) is 6.66. The lowest BCUT2D eigenvalue weighted by Gasteiger charge is -2.14. The average Bonchev–Trinajstić information content (AvgIpc) is 3.07. The van der Waals surface area contributed by atoms with Crippen molar-refractivity contribution in [2.75, 3.05) is 25.0 Å². The standard InChI is InChI=1S/C14H21N3S2/c1-3-7-15-10-13-11-16-14(19-13)17(2)8-6-12-5-4-9-18-12/h4-5,9,11,15H,3,6-8,10H2,1-2H3. The Hall–Kier alpha value is -0.910. The molecule has 0 amide bonds. The van der Waals surface area contributed by atoms with E-state index < -0.39 is 0 Å². The highest BCUT2D eigenvalue weighted by Gasteiger charge is 2.07. The van der Waals surface area contributed by atoms with E-state index in [-0.39, 0.29) is 0 Å². The second kappa shape index (κ2) is 7.62. The van der Waals surface area contributed by atoms with Crippen LogP contribution in [0.25, 0.3) is 0 Å². The number of hydrogen-bond donors (Lipinski definition) is 1. The van der Waals surface area contributed by atoms with Gasteiger partial charge in [0.1, 0.15) is 0 Å². The lowest BCUT2D eigenvalue weighted by Crippen LogP contribution is -2.19. The summed E-state index contributed by atoms with van der Waals surface area (Å²) in [6, 6.07) is 4.31. The van der Waals surface area contributed by atoms with E-state index in [0.717, 1.165) is 31.2 Å².